The number of aryl methyl sites for hydroxylation is 1. The Labute approximate surface area is 136 Å². The first-order valence-electron chi connectivity index (χ1n) is 7.86. The molecule has 1 aromatic heterocycles. The number of aromatic nitrogens is 2. The maximum atomic E-state index is 13.3. The number of carbonyl (C=O) groups is 1. The molecule has 1 saturated carbocycles. The lowest BCUT2D eigenvalue weighted by Crippen LogP contribution is -2.53. The van der Waals surface area contributed by atoms with Crippen molar-refractivity contribution in [3.05, 3.63) is 16.4 Å². The Hall–Kier alpha value is -0.680. The summed E-state index contributed by atoms with van der Waals surface area (Å²) in [6, 6.07) is 0. The Kier molecular flexibility index (Phi) is 5.25. The zero-order chi connectivity index (χ0) is 15.6. The van der Waals surface area contributed by atoms with Crippen LogP contribution in [0.1, 0.15) is 56.4 Å². The lowest BCUT2D eigenvalue weighted by atomic mass is 9.73. The van der Waals surface area contributed by atoms with Gasteiger partial charge in [0, 0.05) is 6.54 Å². The summed E-state index contributed by atoms with van der Waals surface area (Å²) in [7, 11) is 4.06. The van der Waals surface area contributed by atoms with Crippen molar-refractivity contribution in [2.24, 2.45) is 5.92 Å². The van der Waals surface area contributed by atoms with Crippen LogP contribution in [0.4, 0.5) is 0 Å². The van der Waals surface area contributed by atoms with Gasteiger partial charge in [0.05, 0.1) is 16.2 Å². The Morgan fingerprint density at radius 2 is 2.10 bits per heavy atom. The Bertz CT molecular complexity index is 502. The van der Waals surface area contributed by atoms with E-state index in [9.17, 15) is 4.79 Å². The van der Waals surface area contributed by atoms with E-state index in [4.69, 9.17) is 0 Å². The molecule has 0 radical (unpaired) electrons. The van der Waals surface area contributed by atoms with E-state index in [1.54, 1.807) is 6.20 Å². The van der Waals surface area contributed by atoms with Crippen LogP contribution in [0.15, 0.2) is 10.7 Å². The number of Topliss-reactive ketones (excluding diaryl/α,β-unsaturated/α-hetero) is 1. The molecular weight excluding hydrogens is 330 g/mol. The van der Waals surface area contributed by atoms with E-state index in [2.05, 4.69) is 39.8 Å². The van der Waals surface area contributed by atoms with Crippen LogP contribution < -0.4 is 0 Å². The van der Waals surface area contributed by atoms with Gasteiger partial charge < -0.3 is 0 Å². The molecule has 0 bridgehead atoms. The minimum Gasteiger partial charge on any atom is -0.297 e. The quantitative estimate of drug-likeness (QED) is 0.755. The fourth-order valence-electron chi connectivity index (χ4n) is 3.31. The molecule has 1 aromatic rings. The standard InChI is InChI=1S/C16H26BrN3O/c1-5-10-20-14(13(17)11-18-20)15(21)16(19(3)4)8-6-12(2)7-9-16/h11-12H,5-10H2,1-4H3. The molecule has 1 aliphatic carbocycles. The summed E-state index contributed by atoms with van der Waals surface area (Å²) in [5, 5.41) is 4.36. The molecule has 1 heterocycles. The van der Waals surface area contributed by atoms with Crippen LogP contribution in [0.3, 0.4) is 0 Å². The highest BCUT2D eigenvalue weighted by atomic mass is 79.9. The molecule has 118 valence electrons. The van der Waals surface area contributed by atoms with Crippen molar-refractivity contribution in [1.29, 1.82) is 0 Å². The average Bonchev–Trinajstić information content (AvgIpc) is 2.80. The summed E-state index contributed by atoms with van der Waals surface area (Å²) >= 11 is 3.52. The fourth-order valence-corrected chi connectivity index (χ4v) is 3.78. The summed E-state index contributed by atoms with van der Waals surface area (Å²) in [4.78, 5) is 15.4. The summed E-state index contributed by atoms with van der Waals surface area (Å²) < 4.78 is 2.68. The van der Waals surface area contributed by atoms with E-state index in [1.807, 2.05) is 18.8 Å². The van der Waals surface area contributed by atoms with Gasteiger partial charge in [-0.2, -0.15) is 5.10 Å². The van der Waals surface area contributed by atoms with Crippen molar-refractivity contribution in [3.63, 3.8) is 0 Å². The molecule has 0 spiro atoms. The Morgan fingerprint density at radius 3 is 2.62 bits per heavy atom. The van der Waals surface area contributed by atoms with E-state index in [-0.39, 0.29) is 11.3 Å². The van der Waals surface area contributed by atoms with Crippen LogP contribution in [0, 0.1) is 5.92 Å². The molecule has 0 N–H and O–H groups in total. The summed E-state index contributed by atoms with van der Waals surface area (Å²) in [5.41, 5.74) is 0.362. The highest BCUT2D eigenvalue weighted by Crippen LogP contribution is 2.38. The van der Waals surface area contributed by atoms with Crippen LogP contribution in [-0.4, -0.2) is 40.1 Å². The maximum Gasteiger partial charge on any atom is 0.202 e. The van der Waals surface area contributed by atoms with Crippen molar-refractivity contribution in [2.45, 2.75) is 58.0 Å². The minimum atomic E-state index is -0.374. The van der Waals surface area contributed by atoms with Gasteiger partial charge in [-0.15, -0.1) is 0 Å². The first-order valence-corrected chi connectivity index (χ1v) is 8.65. The number of hydrogen-bond acceptors (Lipinski definition) is 3. The number of nitrogens with zero attached hydrogens (tertiary/aromatic N) is 3. The Balaban J connectivity index is 2.38. The first-order chi connectivity index (χ1) is 9.92. The molecule has 5 heteroatoms. The van der Waals surface area contributed by atoms with E-state index < -0.39 is 0 Å². The number of likely N-dealkylation sites (N-methyl/N-ethyl adjacent to an activating group) is 1. The third kappa shape index (κ3) is 3.09. The van der Waals surface area contributed by atoms with Crippen molar-refractivity contribution >= 4 is 21.7 Å². The fraction of sp³-hybridized carbons (Fsp3) is 0.750. The predicted molar refractivity (Wildman–Crippen MR) is 88.6 cm³/mol. The van der Waals surface area contributed by atoms with Crippen molar-refractivity contribution in [3.8, 4) is 0 Å². The van der Waals surface area contributed by atoms with Crippen LogP contribution in [-0.2, 0) is 6.54 Å². The third-order valence-electron chi connectivity index (χ3n) is 4.83. The SMILES string of the molecule is CCCn1ncc(Br)c1C(=O)C1(N(C)C)CCC(C)CC1. The Morgan fingerprint density at radius 1 is 1.48 bits per heavy atom. The summed E-state index contributed by atoms with van der Waals surface area (Å²) in [6.07, 6.45) is 6.82. The number of rotatable bonds is 5. The molecule has 0 saturated heterocycles. The minimum absolute atomic E-state index is 0.220. The van der Waals surface area contributed by atoms with Gasteiger partial charge in [0.15, 0.2) is 0 Å². The highest BCUT2D eigenvalue weighted by molar-refractivity contribution is 9.10. The van der Waals surface area contributed by atoms with Crippen molar-refractivity contribution in [2.75, 3.05) is 14.1 Å². The molecule has 0 aromatic carbocycles. The average molecular weight is 356 g/mol. The van der Waals surface area contributed by atoms with Gasteiger partial charge in [-0.1, -0.05) is 13.8 Å². The molecule has 1 aliphatic rings. The lowest BCUT2D eigenvalue weighted by Gasteiger charge is -2.43. The molecule has 2 rings (SSSR count). The van der Waals surface area contributed by atoms with E-state index in [1.165, 1.54) is 0 Å². The molecule has 4 nitrogen and oxygen atoms in total. The number of ketones is 1. The monoisotopic (exact) mass is 355 g/mol. The van der Waals surface area contributed by atoms with E-state index >= 15 is 0 Å². The third-order valence-corrected chi connectivity index (χ3v) is 5.41. The number of halogens is 1. The molecular formula is C16H26BrN3O. The predicted octanol–water partition coefficient (Wildman–Crippen LogP) is 3.75. The van der Waals surface area contributed by atoms with Crippen molar-refractivity contribution in [1.82, 2.24) is 14.7 Å². The van der Waals surface area contributed by atoms with Gasteiger partial charge in [0.1, 0.15) is 5.69 Å². The second-order valence-corrected chi connectivity index (χ2v) is 7.36. The second-order valence-electron chi connectivity index (χ2n) is 6.50. The summed E-state index contributed by atoms with van der Waals surface area (Å²) in [5.74, 6) is 0.937. The zero-order valence-electron chi connectivity index (χ0n) is 13.5. The second kappa shape index (κ2) is 6.61. The van der Waals surface area contributed by atoms with Crippen molar-refractivity contribution < 1.29 is 4.79 Å². The normalized spacial score (nSPS) is 26.3. The molecule has 1 fully saturated rings. The van der Waals surface area contributed by atoms with Gasteiger partial charge in [-0.3, -0.25) is 14.4 Å². The first kappa shape index (κ1) is 16.7. The highest BCUT2D eigenvalue weighted by Gasteiger charge is 2.45. The van der Waals surface area contributed by atoms with Crippen LogP contribution in [0.2, 0.25) is 0 Å². The molecule has 0 aliphatic heterocycles. The van der Waals surface area contributed by atoms with Gasteiger partial charge in [-0.05, 0) is 68.0 Å². The topological polar surface area (TPSA) is 38.1 Å². The van der Waals surface area contributed by atoms with Gasteiger partial charge >= 0.3 is 0 Å². The smallest absolute Gasteiger partial charge is 0.202 e. The molecule has 0 amide bonds. The van der Waals surface area contributed by atoms with E-state index in [0.717, 1.165) is 54.7 Å². The van der Waals surface area contributed by atoms with Gasteiger partial charge in [0.2, 0.25) is 5.78 Å². The van der Waals surface area contributed by atoms with Crippen LogP contribution in [0.25, 0.3) is 0 Å². The van der Waals surface area contributed by atoms with Gasteiger partial charge in [-0.25, -0.2) is 0 Å². The van der Waals surface area contributed by atoms with Gasteiger partial charge in [0.25, 0.3) is 0 Å². The van der Waals surface area contributed by atoms with Crippen LogP contribution in [0.5, 0.6) is 0 Å². The lowest BCUT2D eigenvalue weighted by molar-refractivity contribution is 0.0501. The molecule has 21 heavy (non-hydrogen) atoms. The molecule has 0 atom stereocenters. The maximum absolute atomic E-state index is 13.3. The van der Waals surface area contributed by atoms with Crippen LogP contribution >= 0.6 is 15.9 Å². The number of carbonyl (C=O) groups excluding carboxylic acids is 1. The zero-order valence-corrected chi connectivity index (χ0v) is 15.1. The molecule has 0 unspecified atom stereocenters. The van der Waals surface area contributed by atoms with E-state index in [0.29, 0.717) is 0 Å². The summed E-state index contributed by atoms with van der Waals surface area (Å²) in [6.45, 7) is 5.17. The number of hydrogen-bond donors (Lipinski definition) is 0. The largest absolute Gasteiger partial charge is 0.297 e.